The van der Waals surface area contributed by atoms with Gasteiger partial charge < -0.3 is 0 Å². The summed E-state index contributed by atoms with van der Waals surface area (Å²) in [4.78, 5) is 0. The third-order valence-corrected chi connectivity index (χ3v) is 0. The molecule has 0 aliphatic rings. The molecule has 5 heteroatoms. The summed E-state index contributed by atoms with van der Waals surface area (Å²) in [5, 5.41) is 0. The van der Waals surface area contributed by atoms with Crippen molar-refractivity contribution in [3.05, 3.63) is 0 Å². The van der Waals surface area contributed by atoms with Crippen molar-refractivity contribution >= 4 is 29.3 Å². The Morgan fingerprint density at radius 1 is 1.00 bits per heavy atom. The average molecular weight is 189 g/mol. The predicted molar refractivity (Wildman–Crippen MR) is 22.6 cm³/mol. The number of hydrogen-bond donors (Lipinski definition) is 0. The molecule has 0 rings (SSSR count). The van der Waals surface area contributed by atoms with Crippen molar-refractivity contribution in [1.82, 2.24) is 0 Å². The van der Waals surface area contributed by atoms with Gasteiger partial charge in [0.1, 0.15) is 0 Å². The first-order valence-electron chi connectivity index (χ1n) is 0. The van der Waals surface area contributed by atoms with Gasteiger partial charge in [-0.1, -0.05) is 0 Å². The fourth-order valence-electron chi connectivity index (χ4n) is 0. The van der Waals surface area contributed by atoms with Crippen LogP contribution >= 0.6 is 9.90 Å². The second-order valence-electron chi connectivity index (χ2n) is 0. The van der Waals surface area contributed by atoms with E-state index >= 15 is 0 Å². The van der Waals surface area contributed by atoms with Crippen LogP contribution in [0.25, 0.3) is 0 Å². The maximum Gasteiger partial charge on any atom is 0 e. The first-order chi connectivity index (χ1) is 0. The van der Waals surface area contributed by atoms with E-state index < -0.39 is 0 Å². The molecule has 0 bridgehead atoms. The molecular formula is H3BPSiVZn. The van der Waals surface area contributed by atoms with Gasteiger partial charge in [-0.2, -0.15) is 9.90 Å². The van der Waals surface area contributed by atoms with Crippen LogP contribution in [0.15, 0.2) is 0 Å². The second-order valence-corrected chi connectivity index (χ2v) is 0. The molecule has 0 heterocycles. The zero-order chi connectivity index (χ0) is 0. The molecule has 8 radical (unpaired) electrons. The molecule has 0 aliphatic heterocycles. The van der Waals surface area contributed by atoms with E-state index in [2.05, 4.69) is 0 Å². The second kappa shape index (κ2) is 38.9. The van der Waals surface area contributed by atoms with Gasteiger partial charge in [0.2, 0.25) is 0 Å². The van der Waals surface area contributed by atoms with E-state index in [4.69, 9.17) is 0 Å². The Bertz CT molecular complexity index is 11.6. The van der Waals surface area contributed by atoms with Crippen LogP contribution in [0.5, 0.6) is 0 Å². The molecule has 0 fully saturated rings. The largest absolute Gasteiger partial charge is 0.153 e. The molecule has 0 spiro atoms. The summed E-state index contributed by atoms with van der Waals surface area (Å²) in [7, 11) is 0. The van der Waals surface area contributed by atoms with E-state index in [9.17, 15) is 0 Å². The molecule has 1 atom stereocenters. The van der Waals surface area contributed by atoms with E-state index in [0.29, 0.717) is 0 Å². The van der Waals surface area contributed by atoms with Crippen LogP contribution in [-0.2, 0) is 38.0 Å². The van der Waals surface area contributed by atoms with Crippen LogP contribution in [-0.4, -0.2) is 19.4 Å². The fourth-order valence-corrected chi connectivity index (χ4v) is 0. The minimum absolute atomic E-state index is 0. The average Bonchev–Trinajstić information content (AvgIpc) is 0. The number of hydrogen-bond acceptors (Lipinski definition) is 0. The Kier molecular flexibility index (Phi) is 512. The van der Waals surface area contributed by atoms with Crippen LogP contribution < -0.4 is 0 Å². The van der Waals surface area contributed by atoms with Gasteiger partial charge in [0.25, 0.3) is 0 Å². The summed E-state index contributed by atoms with van der Waals surface area (Å²) in [6.45, 7) is 0. The van der Waals surface area contributed by atoms with E-state index in [-0.39, 0.29) is 67.3 Å². The van der Waals surface area contributed by atoms with E-state index in [0.717, 1.165) is 0 Å². The Morgan fingerprint density at radius 3 is 1.00 bits per heavy atom. The zero-order valence-corrected chi connectivity index (χ0v) is 9.72. The summed E-state index contributed by atoms with van der Waals surface area (Å²) in [5.74, 6) is 0. The minimum Gasteiger partial charge on any atom is -0.153 e. The smallest absolute Gasteiger partial charge is 0 e. The van der Waals surface area contributed by atoms with Gasteiger partial charge in [0.15, 0.2) is 0 Å². The Morgan fingerprint density at radius 2 is 1.00 bits per heavy atom. The first kappa shape index (κ1) is 65.8. The fraction of sp³-hybridized carbons (Fsp3) is 0. The molecule has 1 unspecified atom stereocenters. The molecule has 0 aromatic heterocycles. The summed E-state index contributed by atoms with van der Waals surface area (Å²) in [6.07, 6.45) is 0. The molecule has 0 saturated heterocycles. The van der Waals surface area contributed by atoms with Gasteiger partial charge >= 0.3 is 0 Å². The topological polar surface area (TPSA) is 0 Å². The molecule has 0 amide bonds. The minimum atomic E-state index is 0. The summed E-state index contributed by atoms with van der Waals surface area (Å²) >= 11 is 0. The van der Waals surface area contributed by atoms with Crippen LogP contribution in [0.1, 0.15) is 0 Å². The van der Waals surface area contributed by atoms with Crippen molar-refractivity contribution in [2.45, 2.75) is 0 Å². The monoisotopic (exact) mass is 188 g/mol. The molecule has 0 saturated carbocycles. The first-order valence-corrected chi connectivity index (χ1v) is 0. The molecule has 0 aromatic carbocycles. The molecule has 5 heavy (non-hydrogen) atoms. The van der Waals surface area contributed by atoms with Gasteiger partial charge in [-0.25, -0.2) is 0 Å². The van der Waals surface area contributed by atoms with Crippen molar-refractivity contribution in [2.75, 3.05) is 0 Å². The Balaban J connectivity index is 0. The quantitative estimate of drug-likeness (QED) is 0.349. The van der Waals surface area contributed by atoms with Crippen molar-refractivity contribution < 1.29 is 38.0 Å². The van der Waals surface area contributed by atoms with E-state index in [1.54, 1.807) is 0 Å². The maximum atomic E-state index is 0. The van der Waals surface area contributed by atoms with Crippen LogP contribution in [0, 0.1) is 0 Å². The molecular weight excluding hydrogens is 186 g/mol. The van der Waals surface area contributed by atoms with Gasteiger partial charge in [-0.15, -0.1) is 0 Å². The maximum absolute atomic E-state index is 0. The van der Waals surface area contributed by atoms with Gasteiger partial charge in [-0.05, 0) is 0 Å². The van der Waals surface area contributed by atoms with Crippen molar-refractivity contribution in [3.63, 3.8) is 0 Å². The zero-order valence-electron chi connectivity index (χ0n) is 2.94. The summed E-state index contributed by atoms with van der Waals surface area (Å²) in [6, 6.07) is 0. The summed E-state index contributed by atoms with van der Waals surface area (Å²) < 4.78 is 0. The SMILES string of the molecule is P.[B].[Si].[V].[Zn]. The molecule has 22 valence electrons. The third kappa shape index (κ3) is 24.7. The van der Waals surface area contributed by atoms with E-state index in [1.807, 2.05) is 0 Å². The van der Waals surface area contributed by atoms with Gasteiger partial charge in [0, 0.05) is 57.4 Å². The molecule has 0 aromatic rings. The van der Waals surface area contributed by atoms with Gasteiger partial charge in [0.05, 0.1) is 0 Å². The Hall–Kier alpha value is 1.92. The predicted octanol–water partition coefficient (Wildman–Crippen LogP) is -0.709. The normalized spacial score (nSPS) is 0. The van der Waals surface area contributed by atoms with E-state index in [1.165, 1.54) is 0 Å². The standard InChI is InChI=1S/B.H3P.Si.V.Zn/h;1H3;;;. The van der Waals surface area contributed by atoms with Crippen molar-refractivity contribution in [3.8, 4) is 0 Å². The molecule has 0 N–H and O–H groups in total. The van der Waals surface area contributed by atoms with Crippen molar-refractivity contribution in [1.29, 1.82) is 0 Å². The van der Waals surface area contributed by atoms with Gasteiger partial charge in [-0.3, -0.25) is 0 Å². The van der Waals surface area contributed by atoms with Crippen molar-refractivity contribution in [2.24, 2.45) is 0 Å². The van der Waals surface area contributed by atoms with Crippen LogP contribution in [0.2, 0.25) is 0 Å². The molecule has 0 nitrogen and oxygen atoms in total. The third-order valence-electron chi connectivity index (χ3n) is 0. The Labute approximate surface area is 67.1 Å². The van der Waals surface area contributed by atoms with Crippen LogP contribution in [0.3, 0.4) is 0 Å². The number of rotatable bonds is 0. The summed E-state index contributed by atoms with van der Waals surface area (Å²) in [5.41, 5.74) is 0. The molecule has 0 aliphatic carbocycles. The van der Waals surface area contributed by atoms with Crippen LogP contribution in [0.4, 0.5) is 0 Å².